The molecule has 0 bridgehead atoms. The molecule has 0 atom stereocenters. The van der Waals surface area contributed by atoms with Gasteiger partial charge in [0, 0.05) is 18.1 Å². The van der Waals surface area contributed by atoms with Crippen molar-refractivity contribution in [3.05, 3.63) is 58.9 Å². The molecule has 25 heavy (non-hydrogen) atoms. The molecule has 2 aromatic carbocycles. The van der Waals surface area contributed by atoms with Crippen LogP contribution < -0.4 is 9.47 Å². The molecule has 4 heteroatoms. The highest BCUT2D eigenvalue weighted by molar-refractivity contribution is 5.72. The summed E-state index contributed by atoms with van der Waals surface area (Å²) in [5, 5.41) is 0. The second kappa shape index (κ2) is 7.68. The maximum absolute atomic E-state index is 14.2. The number of hydrogen-bond donors (Lipinski definition) is 0. The quantitative estimate of drug-likeness (QED) is 0.515. The Kier molecular flexibility index (Phi) is 5.37. The number of para-hydroxylation sites is 1. The number of benzene rings is 2. The van der Waals surface area contributed by atoms with E-state index in [0.29, 0.717) is 30.3 Å². The predicted molar refractivity (Wildman–Crippen MR) is 94.5 cm³/mol. The highest BCUT2D eigenvalue weighted by Gasteiger charge is 2.28. The monoisotopic (exact) mass is 342 g/mol. The Hall–Kier alpha value is -2.36. The first-order valence-corrected chi connectivity index (χ1v) is 8.86. The zero-order valence-corrected chi connectivity index (χ0v) is 14.7. The van der Waals surface area contributed by atoms with Crippen LogP contribution in [0.5, 0.6) is 11.5 Å². The van der Waals surface area contributed by atoms with Gasteiger partial charge in [-0.05, 0) is 48.4 Å². The van der Waals surface area contributed by atoms with E-state index in [-0.39, 0.29) is 18.4 Å². The molecule has 1 aliphatic rings. The van der Waals surface area contributed by atoms with Crippen LogP contribution in [0.3, 0.4) is 0 Å². The van der Waals surface area contributed by atoms with E-state index in [1.54, 1.807) is 13.0 Å². The fourth-order valence-electron chi connectivity index (χ4n) is 2.80. The maximum Gasteiger partial charge on any atom is 0.310 e. The summed E-state index contributed by atoms with van der Waals surface area (Å²) >= 11 is 0. The van der Waals surface area contributed by atoms with Crippen LogP contribution in [0.25, 0.3) is 0 Å². The lowest BCUT2D eigenvalue weighted by molar-refractivity contribution is -0.134. The van der Waals surface area contributed by atoms with E-state index in [9.17, 15) is 9.18 Å². The Labute approximate surface area is 147 Å². The highest BCUT2D eigenvalue weighted by atomic mass is 19.1. The molecular weight excluding hydrogens is 319 g/mol. The minimum absolute atomic E-state index is 0.229. The summed E-state index contributed by atoms with van der Waals surface area (Å²) in [6, 6.07) is 10.7. The Bertz CT molecular complexity index is 766. The SMILES string of the molecule is CCC(=O)Oc1ccccc1COc1cc(F)c(CC)cc1C1CC1. The van der Waals surface area contributed by atoms with Gasteiger partial charge in [0.1, 0.15) is 23.9 Å². The number of carbonyl (C=O) groups excluding carboxylic acids is 1. The lowest BCUT2D eigenvalue weighted by atomic mass is 10.0. The van der Waals surface area contributed by atoms with E-state index in [4.69, 9.17) is 9.47 Å². The minimum Gasteiger partial charge on any atom is -0.488 e. The van der Waals surface area contributed by atoms with Crippen molar-refractivity contribution in [1.29, 1.82) is 0 Å². The number of hydrogen-bond acceptors (Lipinski definition) is 3. The fourth-order valence-corrected chi connectivity index (χ4v) is 2.80. The lowest BCUT2D eigenvalue weighted by Crippen LogP contribution is -2.09. The minimum atomic E-state index is -0.288. The van der Waals surface area contributed by atoms with Gasteiger partial charge in [-0.1, -0.05) is 32.0 Å². The van der Waals surface area contributed by atoms with Crippen molar-refractivity contribution in [3.63, 3.8) is 0 Å². The molecule has 1 saturated carbocycles. The summed E-state index contributed by atoms with van der Waals surface area (Å²) in [6.07, 6.45) is 3.22. The number of ether oxygens (including phenoxy) is 2. The van der Waals surface area contributed by atoms with Gasteiger partial charge in [0.2, 0.25) is 0 Å². The highest BCUT2D eigenvalue weighted by Crippen LogP contribution is 2.45. The van der Waals surface area contributed by atoms with Crippen LogP contribution in [0.1, 0.15) is 55.7 Å². The standard InChI is InChI=1S/C21H23FO3/c1-3-14-11-17(15-9-10-15)20(12-18(14)22)24-13-16-7-5-6-8-19(16)25-21(23)4-2/h5-8,11-12,15H,3-4,9-10,13H2,1-2H3. The van der Waals surface area contributed by atoms with Gasteiger partial charge in [0.15, 0.2) is 0 Å². The van der Waals surface area contributed by atoms with Crippen molar-refractivity contribution in [2.24, 2.45) is 0 Å². The number of rotatable bonds is 7. The van der Waals surface area contributed by atoms with Gasteiger partial charge in [0.05, 0.1) is 0 Å². The van der Waals surface area contributed by atoms with E-state index in [2.05, 4.69) is 0 Å². The molecule has 0 aliphatic heterocycles. The molecule has 3 nitrogen and oxygen atoms in total. The lowest BCUT2D eigenvalue weighted by Gasteiger charge is -2.15. The first kappa shape index (κ1) is 17.5. The third-order valence-electron chi connectivity index (χ3n) is 4.45. The molecule has 0 saturated heterocycles. The molecule has 0 aromatic heterocycles. The third-order valence-corrected chi connectivity index (χ3v) is 4.45. The van der Waals surface area contributed by atoms with E-state index >= 15 is 0 Å². The largest absolute Gasteiger partial charge is 0.488 e. The van der Waals surface area contributed by atoms with Crippen molar-refractivity contribution in [1.82, 2.24) is 0 Å². The van der Waals surface area contributed by atoms with Crippen LogP contribution >= 0.6 is 0 Å². The van der Waals surface area contributed by atoms with Gasteiger partial charge in [-0.25, -0.2) is 4.39 Å². The van der Waals surface area contributed by atoms with Crippen LogP contribution in [-0.2, 0) is 17.8 Å². The second-order valence-electron chi connectivity index (χ2n) is 6.33. The van der Waals surface area contributed by atoms with Gasteiger partial charge >= 0.3 is 5.97 Å². The van der Waals surface area contributed by atoms with Crippen molar-refractivity contribution in [3.8, 4) is 11.5 Å². The van der Waals surface area contributed by atoms with Gasteiger partial charge < -0.3 is 9.47 Å². The Balaban J connectivity index is 1.80. The smallest absolute Gasteiger partial charge is 0.310 e. The molecule has 0 N–H and O–H groups in total. The summed E-state index contributed by atoms with van der Waals surface area (Å²) in [4.78, 5) is 11.6. The first-order valence-electron chi connectivity index (χ1n) is 8.86. The first-order chi connectivity index (χ1) is 12.1. The zero-order chi connectivity index (χ0) is 17.8. The average molecular weight is 342 g/mol. The average Bonchev–Trinajstić information content (AvgIpc) is 3.46. The van der Waals surface area contributed by atoms with Gasteiger partial charge in [-0.15, -0.1) is 0 Å². The molecule has 3 rings (SSSR count). The molecule has 0 radical (unpaired) electrons. The van der Waals surface area contributed by atoms with Crippen molar-refractivity contribution >= 4 is 5.97 Å². The van der Waals surface area contributed by atoms with E-state index in [1.807, 2.05) is 31.2 Å². The Morgan fingerprint density at radius 2 is 1.88 bits per heavy atom. The number of carbonyl (C=O) groups is 1. The van der Waals surface area contributed by atoms with Crippen LogP contribution in [0.2, 0.25) is 0 Å². The van der Waals surface area contributed by atoms with E-state index in [0.717, 1.165) is 29.5 Å². The summed E-state index contributed by atoms with van der Waals surface area (Å²) in [5.74, 6) is 1.04. The van der Waals surface area contributed by atoms with Crippen molar-refractivity contribution in [2.75, 3.05) is 0 Å². The molecule has 0 amide bonds. The molecule has 0 unspecified atom stereocenters. The summed E-state index contributed by atoms with van der Waals surface area (Å²) < 4.78 is 25.5. The van der Waals surface area contributed by atoms with Crippen molar-refractivity contribution < 1.29 is 18.7 Å². The second-order valence-corrected chi connectivity index (χ2v) is 6.33. The van der Waals surface area contributed by atoms with Gasteiger partial charge in [-0.2, -0.15) is 0 Å². The molecule has 0 heterocycles. The van der Waals surface area contributed by atoms with Gasteiger partial charge in [-0.3, -0.25) is 4.79 Å². The number of halogens is 1. The van der Waals surface area contributed by atoms with Crippen LogP contribution in [0, 0.1) is 5.82 Å². The Morgan fingerprint density at radius 1 is 1.12 bits per heavy atom. The van der Waals surface area contributed by atoms with Crippen LogP contribution in [-0.4, -0.2) is 5.97 Å². The van der Waals surface area contributed by atoms with Gasteiger partial charge in [0.25, 0.3) is 0 Å². The van der Waals surface area contributed by atoms with E-state index in [1.165, 1.54) is 6.07 Å². The molecular formula is C21H23FO3. The predicted octanol–water partition coefficient (Wildman–Crippen LogP) is 5.16. The number of aryl methyl sites for hydroxylation is 1. The summed E-state index contributed by atoms with van der Waals surface area (Å²) in [5.41, 5.74) is 2.58. The molecule has 1 fully saturated rings. The molecule has 2 aromatic rings. The topological polar surface area (TPSA) is 35.5 Å². The zero-order valence-electron chi connectivity index (χ0n) is 14.7. The molecule has 1 aliphatic carbocycles. The van der Waals surface area contributed by atoms with Crippen LogP contribution in [0.15, 0.2) is 36.4 Å². The summed E-state index contributed by atoms with van der Waals surface area (Å²) in [6.45, 7) is 3.94. The maximum atomic E-state index is 14.2. The van der Waals surface area contributed by atoms with Crippen LogP contribution in [0.4, 0.5) is 4.39 Å². The van der Waals surface area contributed by atoms with E-state index < -0.39 is 0 Å². The fraction of sp³-hybridized carbons (Fsp3) is 0.381. The Morgan fingerprint density at radius 3 is 2.56 bits per heavy atom. The van der Waals surface area contributed by atoms with Crippen molar-refractivity contribution in [2.45, 2.75) is 52.1 Å². The molecule has 132 valence electrons. The third kappa shape index (κ3) is 4.19. The summed E-state index contributed by atoms with van der Waals surface area (Å²) in [7, 11) is 0. The normalized spacial score (nSPS) is 13.6. The molecule has 0 spiro atoms. The number of esters is 1.